The van der Waals surface area contributed by atoms with Gasteiger partial charge in [-0.05, 0) is 89.9 Å². The molecular weight excluding hydrogens is 781 g/mol. The van der Waals surface area contributed by atoms with Gasteiger partial charge in [0.25, 0.3) is 0 Å². The van der Waals surface area contributed by atoms with E-state index < -0.39 is 6.10 Å². The zero-order valence-corrected chi connectivity index (χ0v) is 41.1. The Morgan fingerprint density at radius 1 is 0.333 bits per heavy atom. The Balaban J connectivity index is 4.49. The van der Waals surface area contributed by atoms with Gasteiger partial charge in [-0.3, -0.25) is 14.4 Å². The Morgan fingerprint density at radius 3 is 1.06 bits per heavy atom. The summed E-state index contributed by atoms with van der Waals surface area (Å²) < 4.78 is 16.7. The molecule has 6 nitrogen and oxygen atoms in total. The van der Waals surface area contributed by atoms with E-state index in [-0.39, 0.29) is 37.5 Å². The summed E-state index contributed by atoms with van der Waals surface area (Å²) in [7, 11) is 0. The zero-order valence-electron chi connectivity index (χ0n) is 41.1. The Hall–Kier alpha value is -3.41. The second-order valence-electron chi connectivity index (χ2n) is 17.1. The van der Waals surface area contributed by atoms with E-state index in [9.17, 15) is 14.4 Å². The SMILES string of the molecule is CC/C=C\C/C=C\C/C=C\CCCCC(=O)OCC(COC(=O)CCC/C=C\C/C=C\C/C=C\C/C=C\CCCCC)OC(=O)CCCCCCCCCCCCCCCCCC. The molecule has 0 heterocycles. The Morgan fingerprint density at radius 2 is 0.635 bits per heavy atom. The number of hydrogen-bond acceptors (Lipinski definition) is 6. The van der Waals surface area contributed by atoms with Crippen LogP contribution in [0.25, 0.3) is 0 Å². The number of allylic oxidation sites excluding steroid dienone is 14. The monoisotopic (exact) mass is 877 g/mol. The molecule has 0 saturated carbocycles. The average Bonchev–Trinajstić information content (AvgIpc) is 3.28. The number of carbonyl (C=O) groups is 3. The first-order valence-electron chi connectivity index (χ1n) is 26.1. The minimum Gasteiger partial charge on any atom is -0.462 e. The predicted octanol–water partition coefficient (Wildman–Crippen LogP) is 17.2. The number of esters is 3. The highest BCUT2D eigenvalue weighted by molar-refractivity contribution is 5.71. The fourth-order valence-corrected chi connectivity index (χ4v) is 6.98. The first kappa shape index (κ1) is 59.6. The van der Waals surface area contributed by atoms with E-state index in [1.165, 1.54) is 109 Å². The van der Waals surface area contributed by atoms with Gasteiger partial charge < -0.3 is 14.2 Å². The fraction of sp³-hybridized carbons (Fsp3) is 0.702. The number of unbranched alkanes of at least 4 members (excludes halogenated alkanes) is 21. The summed E-state index contributed by atoms with van der Waals surface area (Å²) in [5.41, 5.74) is 0. The van der Waals surface area contributed by atoms with Gasteiger partial charge in [0.15, 0.2) is 6.10 Å². The highest BCUT2D eigenvalue weighted by Gasteiger charge is 2.19. The van der Waals surface area contributed by atoms with Crippen molar-refractivity contribution >= 4 is 17.9 Å². The molecule has 0 amide bonds. The van der Waals surface area contributed by atoms with E-state index in [0.29, 0.717) is 19.3 Å². The van der Waals surface area contributed by atoms with Crippen LogP contribution in [0.15, 0.2) is 85.1 Å². The van der Waals surface area contributed by atoms with E-state index in [2.05, 4.69) is 106 Å². The van der Waals surface area contributed by atoms with E-state index >= 15 is 0 Å². The topological polar surface area (TPSA) is 78.9 Å². The Kier molecular flexibility index (Phi) is 48.5. The third-order valence-electron chi connectivity index (χ3n) is 10.9. The molecule has 63 heavy (non-hydrogen) atoms. The molecule has 0 fully saturated rings. The lowest BCUT2D eigenvalue weighted by Gasteiger charge is -2.18. The molecule has 0 spiro atoms. The van der Waals surface area contributed by atoms with Crippen LogP contribution >= 0.6 is 0 Å². The van der Waals surface area contributed by atoms with Gasteiger partial charge in [0, 0.05) is 19.3 Å². The van der Waals surface area contributed by atoms with Crippen molar-refractivity contribution in [1.29, 1.82) is 0 Å². The summed E-state index contributed by atoms with van der Waals surface area (Å²) in [5, 5.41) is 0. The van der Waals surface area contributed by atoms with Crippen molar-refractivity contribution in [1.82, 2.24) is 0 Å². The van der Waals surface area contributed by atoms with Crippen LogP contribution in [0, 0.1) is 0 Å². The largest absolute Gasteiger partial charge is 0.462 e. The summed E-state index contributed by atoms with van der Waals surface area (Å²) in [6.07, 6.45) is 65.8. The highest BCUT2D eigenvalue weighted by Crippen LogP contribution is 2.15. The number of rotatable bonds is 46. The zero-order chi connectivity index (χ0) is 45.8. The molecule has 0 aromatic heterocycles. The van der Waals surface area contributed by atoms with Gasteiger partial charge in [0.2, 0.25) is 0 Å². The molecule has 6 heteroatoms. The van der Waals surface area contributed by atoms with Crippen molar-refractivity contribution in [2.24, 2.45) is 0 Å². The van der Waals surface area contributed by atoms with Gasteiger partial charge in [0.05, 0.1) is 0 Å². The lowest BCUT2D eigenvalue weighted by molar-refractivity contribution is -0.167. The van der Waals surface area contributed by atoms with Crippen molar-refractivity contribution in [3.8, 4) is 0 Å². The highest BCUT2D eigenvalue weighted by atomic mass is 16.6. The van der Waals surface area contributed by atoms with E-state index in [1.54, 1.807) is 0 Å². The second kappa shape index (κ2) is 51.2. The average molecular weight is 877 g/mol. The molecule has 0 radical (unpaired) electrons. The molecule has 0 rings (SSSR count). The Bertz CT molecular complexity index is 1240. The van der Waals surface area contributed by atoms with E-state index in [0.717, 1.165) is 83.5 Å². The van der Waals surface area contributed by atoms with Crippen LogP contribution in [-0.4, -0.2) is 37.2 Å². The van der Waals surface area contributed by atoms with Crippen LogP contribution in [0.5, 0.6) is 0 Å². The van der Waals surface area contributed by atoms with Crippen LogP contribution < -0.4 is 0 Å². The lowest BCUT2D eigenvalue weighted by Crippen LogP contribution is -2.30. The maximum atomic E-state index is 12.8. The van der Waals surface area contributed by atoms with Crippen LogP contribution in [-0.2, 0) is 28.6 Å². The van der Waals surface area contributed by atoms with Crippen LogP contribution in [0.2, 0.25) is 0 Å². The van der Waals surface area contributed by atoms with Gasteiger partial charge >= 0.3 is 17.9 Å². The van der Waals surface area contributed by atoms with Gasteiger partial charge in [-0.1, -0.05) is 215 Å². The molecule has 0 aliphatic rings. The standard InChI is InChI=1S/C57H96O6/c1-4-7-10-13-16-19-22-25-27-29-31-32-35-38-41-44-47-50-56(59)62-53-54(52-61-55(58)49-46-43-40-37-34-24-21-18-15-12-9-6-3)63-57(60)51-48-45-42-39-36-33-30-28-26-23-20-17-14-11-8-5-2/h9,12,16,18-19,21,25,27,31-32,34,37-38,41,54H,4-8,10-11,13-15,17,20,22-24,26,28-30,33,35-36,39-40,42-53H2,1-3H3/b12-9-,19-16-,21-18-,27-25-,32-31-,37-34-,41-38-. The minimum atomic E-state index is -0.812. The number of hydrogen-bond donors (Lipinski definition) is 0. The molecule has 0 aliphatic carbocycles. The molecule has 1 atom stereocenters. The summed E-state index contributed by atoms with van der Waals surface area (Å²) in [6.45, 7) is 6.41. The minimum absolute atomic E-state index is 0.112. The third kappa shape index (κ3) is 49.5. The molecule has 0 aromatic rings. The molecule has 0 bridgehead atoms. The number of ether oxygens (including phenoxy) is 3. The molecule has 360 valence electrons. The smallest absolute Gasteiger partial charge is 0.306 e. The van der Waals surface area contributed by atoms with E-state index in [4.69, 9.17) is 14.2 Å². The Labute approximate surface area is 388 Å². The first-order valence-corrected chi connectivity index (χ1v) is 26.1. The quantitative estimate of drug-likeness (QED) is 0.0262. The summed E-state index contributed by atoms with van der Waals surface area (Å²) in [6, 6.07) is 0. The maximum Gasteiger partial charge on any atom is 0.306 e. The molecule has 1 unspecified atom stereocenters. The molecule has 0 N–H and O–H groups in total. The van der Waals surface area contributed by atoms with Gasteiger partial charge in [-0.25, -0.2) is 0 Å². The molecule has 0 aliphatic heterocycles. The summed E-state index contributed by atoms with van der Waals surface area (Å²) in [5.74, 6) is -1.00. The maximum absolute atomic E-state index is 12.8. The van der Waals surface area contributed by atoms with Crippen molar-refractivity contribution in [3.63, 3.8) is 0 Å². The van der Waals surface area contributed by atoms with Crippen LogP contribution in [0.3, 0.4) is 0 Å². The molecule has 0 aromatic carbocycles. The number of carbonyl (C=O) groups excluding carboxylic acids is 3. The molecular formula is C57H96O6. The van der Waals surface area contributed by atoms with Gasteiger partial charge in [0.1, 0.15) is 13.2 Å². The van der Waals surface area contributed by atoms with Crippen LogP contribution in [0.4, 0.5) is 0 Å². The first-order chi connectivity index (χ1) is 31.0. The summed E-state index contributed by atoms with van der Waals surface area (Å²) in [4.78, 5) is 37.9. The lowest BCUT2D eigenvalue weighted by atomic mass is 10.0. The van der Waals surface area contributed by atoms with Crippen LogP contribution in [0.1, 0.15) is 239 Å². The molecule has 0 saturated heterocycles. The van der Waals surface area contributed by atoms with Gasteiger partial charge in [-0.2, -0.15) is 0 Å². The van der Waals surface area contributed by atoms with E-state index in [1.807, 2.05) is 0 Å². The van der Waals surface area contributed by atoms with Gasteiger partial charge in [-0.15, -0.1) is 0 Å². The van der Waals surface area contributed by atoms with Crippen molar-refractivity contribution in [2.45, 2.75) is 245 Å². The van der Waals surface area contributed by atoms with Crippen molar-refractivity contribution in [3.05, 3.63) is 85.1 Å². The predicted molar refractivity (Wildman–Crippen MR) is 270 cm³/mol. The summed E-state index contributed by atoms with van der Waals surface area (Å²) >= 11 is 0. The third-order valence-corrected chi connectivity index (χ3v) is 10.9. The second-order valence-corrected chi connectivity index (χ2v) is 17.1. The fourth-order valence-electron chi connectivity index (χ4n) is 6.98. The van der Waals surface area contributed by atoms with Crippen molar-refractivity contribution < 1.29 is 28.6 Å². The normalized spacial score (nSPS) is 12.7. The van der Waals surface area contributed by atoms with Crippen molar-refractivity contribution in [2.75, 3.05) is 13.2 Å².